The molecule has 0 saturated carbocycles. The molecule has 1 aromatic heterocycles. The number of hydrogen-bond acceptors (Lipinski definition) is 9. The number of thioether (sulfide) groups is 1. The SMILES string of the molecule is CCCCn1nnnc1COC(=O)C(CCSC)NC(=O)c1cccc([N+](=O)[O-])c1. The number of benzene rings is 1. The number of nitrogens with one attached hydrogen (secondary N) is 1. The average Bonchev–Trinajstić information content (AvgIpc) is 3.20. The number of unbranched alkanes of at least 4 members (excludes halogenated alkanes) is 1. The van der Waals surface area contributed by atoms with Gasteiger partial charge < -0.3 is 10.1 Å². The van der Waals surface area contributed by atoms with Crippen LogP contribution in [0.3, 0.4) is 0 Å². The second kappa shape index (κ2) is 11.9. The van der Waals surface area contributed by atoms with Crippen molar-refractivity contribution in [1.29, 1.82) is 0 Å². The minimum Gasteiger partial charge on any atom is -0.456 e. The number of ether oxygens (including phenoxy) is 1. The van der Waals surface area contributed by atoms with E-state index in [0.717, 1.165) is 18.9 Å². The van der Waals surface area contributed by atoms with Gasteiger partial charge >= 0.3 is 5.97 Å². The van der Waals surface area contributed by atoms with E-state index >= 15 is 0 Å². The number of rotatable bonds is 12. The normalized spacial score (nSPS) is 11.7. The summed E-state index contributed by atoms with van der Waals surface area (Å²) in [5, 5.41) is 24.9. The Hall–Kier alpha value is -3.02. The Morgan fingerprint density at radius 2 is 2.20 bits per heavy atom. The Morgan fingerprint density at radius 1 is 1.40 bits per heavy atom. The van der Waals surface area contributed by atoms with Crippen LogP contribution in [0.4, 0.5) is 5.69 Å². The fourth-order valence-electron chi connectivity index (χ4n) is 2.53. The number of amides is 1. The van der Waals surface area contributed by atoms with E-state index in [1.807, 2.05) is 13.2 Å². The van der Waals surface area contributed by atoms with Crippen LogP contribution in [0.1, 0.15) is 42.4 Å². The van der Waals surface area contributed by atoms with Gasteiger partial charge in [-0.05, 0) is 41.3 Å². The van der Waals surface area contributed by atoms with Crippen LogP contribution in [0.25, 0.3) is 0 Å². The van der Waals surface area contributed by atoms with E-state index < -0.39 is 22.8 Å². The fourth-order valence-corrected chi connectivity index (χ4v) is 3.00. The molecule has 0 aliphatic rings. The number of carbonyl (C=O) groups excluding carboxylic acids is 2. The maximum Gasteiger partial charge on any atom is 0.329 e. The zero-order valence-corrected chi connectivity index (χ0v) is 17.6. The van der Waals surface area contributed by atoms with Crippen molar-refractivity contribution in [2.24, 2.45) is 0 Å². The minimum atomic E-state index is -0.899. The molecule has 0 spiro atoms. The summed E-state index contributed by atoms with van der Waals surface area (Å²) in [5.41, 5.74) is -0.112. The van der Waals surface area contributed by atoms with E-state index in [1.54, 1.807) is 4.68 Å². The van der Waals surface area contributed by atoms with E-state index in [0.29, 0.717) is 24.5 Å². The number of nitro benzene ring substituents is 1. The molecule has 1 heterocycles. The predicted molar refractivity (Wildman–Crippen MR) is 110 cm³/mol. The number of carbonyl (C=O) groups is 2. The van der Waals surface area contributed by atoms with E-state index in [4.69, 9.17) is 4.74 Å². The number of nitro groups is 1. The van der Waals surface area contributed by atoms with Crippen LogP contribution in [0.15, 0.2) is 24.3 Å². The molecule has 12 heteroatoms. The van der Waals surface area contributed by atoms with Gasteiger partial charge in [-0.25, -0.2) is 9.48 Å². The van der Waals surface area contributed by atoms with Gasteiger partial charge in [0, 0.05) is 24.2 Å². The first-order chi connectivity index (χ1) is 14.5. The Labute approximate surface area is 177 Å². The van der Waals surface area contributed by atoms with Gasteiger partial charge in [0.25, 0.3) is 11.6 Å². The highest BCUT2D eigenvalue weighted by molar-refractivity contribution is 7.98. The lowest BCUT2D eigenvalue weighted by Gasteiger charge is -2.17. The zero-order valence-electron chi connectivity index (χ0n) is 16.8. The van der Waals surface area contributed by atoms with Crippen LogP contribution >= 0.6 is 11.8 Å². The van der Waals surface area contributed by atoms with Gasteiger partial charge in [-0.15, -0.1) is 5.10 Å². The molecule has 1 atom stereocenters. The molecule has 0 saturated heterocycles. The third-order valence-electron chi connectivity index (χ3n) is 4.19. The van der Waals surface area contributed by atoms with Crippen LogP contribution in [-0.2, 0) is 22.7 Å². The Kier molecular flexibility index (Phi) is 9.19. The number of tetrazole rings is 1. The van der Waals surface area contributed by atoms with E-state index in [2.05, 4.69) is 20.8 Å². The minimum absolute atomic E-state index is 0.0923. The van der Waals surface area contributed by atoms with Crippen LogP contribution < -0.4 is 5.32 Å². The number of aryl methyl sites for hydroxylation is 1. The summed E-state index contributed by atoms with van der Waals surface area (Å²) in [7, 11) is 0. The van der Waals surface area contributed by atoms with E-state index in [-0.39, 0.29) is 17.9 Å². The molecule has 1 aromatic carbocycles. The molecule has 0 fully saturated rings. The lowest BCUT2D eigenvalue weighted by molar-refractivity contribution is -0.384. The van der Waals surface area contributed by atoms with Gasteiger partial charge in [-0.3, -0.25) is 14.9 Å². The molecule has 1 unspecified atom stereocenters. The van der Waals surface area contributed by atoms with Crippen molar-refractivity contribution < 1.29 is 19.2 Å². The molecule has 0 aliphatic heterocycles. The Balaban J connectivity index is 2.03. The van der Waals surface area contributed by atoms with Gasteiger partial charge in [-0.1, -0.05) is 19.4 Å². The first-order valence-corrected chi connectivity index (χ1v) is 10.8. The smallest absolute Gasteiger partial charge is 0.329 e. The number of hydrogen-bond donors (Lipinski definition) is 1. The van der Waals surface area contributed by atoms with E-state index in [9.17, 15) is 19.7 Å². The highest BCUT2D eigenvalue weighted by Crippen LogP contribution is 2.14. The van der Waals surface area contributed by atoms with Crippen molar-refractivity contribution >= 4 is 29.3 Å². The second-order valence-electron chi connectivity index (χ2n) is 6.39. The molecular weight excluding hydrogens is 412 g/mol. The van der Waals surface area contributed by atoms with Crippen molar-refractivity contribution in [3.63, 3.8) is 0 Å². The summed E-state index contributed by atoms with van der Waals surface area (Å²) < 4.78 is 6.91. The lowest BCUT2D eigenvalue weighted by Crippen LogP contribution is -2.42. The van der Waals surface area contributed by atoms with Crippen LogP contribution in [0.2, 0.25) is 0 Å². The van der Waals surface area contributed by atoms with Gasteiger partial charge in [0.1, 0.15) is 6.04 Å². The molecule has 0 bridgehead atoms. The number of esters is 1. The first-order valence-electron chi connectivity index (χ1n) is 9.42. The number of nitrogens with zero attached hydrogens (tertiary/aromatic N) is 5. The lowest BCUT2D eigenvalue weighted by atomic mass is 10.1. The van der Waals surface area contributed by atoms with Gasteiger partial charge in [0.05, 0.1) is 4.92 Å². The van der Waals surface area contributed by atoms with E-state index in [1.165, 1.54) is 30.0 Å². The first kappa shape index (κ1) is 23.3. The maximum atomic E-state index is 12.6. The average molecular weight is 436 g/mol. The van der Waals surface area contributed by atoms with Crippen molar-refractivity contribution in [3.8, 4) is 0 Å². The summed E-state index contributed by atoms with van der Waals surface area (Å²) in [4.78, 5) is 35.4. The monoisotopic (exact) mass is 436 g/mol. The third kappa shape index (κ3) is 6.79. The predicted octanol–water partition coefficient (Wildman–Crippen LogP) is 1.98. The molecule has 1 amide bonds. The molecule has 2 rings (SSSR count). The summed E-state index contributed by atoms with van der Waals surface area (Å²) in [6.07, 6.45) is 4.09. The maximum absolute atomic E-state index is 12.6. The van der Waals surface area contributed by atoms with Gasteiger partial charge in [0.2, 0.25) is 0 Å². The standard InChI is InChI=1S/C18H24N6O5S/c1-3-4-9-23-16(20-21-22-23)12-29-18(26)15(8-10-30-2)19-17(25)13-6-5-7-14(11-13)24(27)28/h5-7,11,15H,3-4,8-10,12H2,1-2H3,(H,19,25). The van der Waals surface area contributed by atoms with Crippen molar-refractivity contribution in [1.82, 2.24) is 25.5 Å². The Morgan fingerprint density at radius 3 is 2.90 bits per heavy atom. The third-order valence-corrected chi connectivity index (χ3v) is 4.84. The quantitative estimate of drug-likeness (QED) is 0.300. The summed E-state index contributed by atoms with van der Waals surface area (Å²) in [6.45, 7) is 2.55. The van der Waals surface area contributed by atoms with Crippen LogP contribution in [-0.4, -0.2) is 55.1 Å². The zero-order chi connectivity index (χ0) is 21.9. The van der Waals surface area contributed by atoms with Gasteiger partial charge in [-0.2, -0.15) is 11.8 Å². The second-order valence-corrected chi connectivity index (χ2v) is 7.38. The van der Waals surface area contributed by atoms with Crippen molar-refractivity contribution in [2.45, 2.75) is 45.4 Å². The number of aromatic nitrogens is 4. The highest BCUT2D eigenvalue weighted by Gasteiger charge is 2.24. The molecule has 30 heavy (non-hydrogen) atoms. The fraction of sp³-hybridized carbons (Fsp3) is 0.500. The molecular formula is C18H24N6O5S. The highest BCUT2D eigenvalue weighted by atomic mass is 32.2. The molecule has 1 N–H and O–H groups in total. The molecule has 162 valence electrons. The summed E-state index contributed by atoms with van der Waals surface area (Å²) in [6, 6.07) is 4.41. The van der Waals surface area contributed by atoms with Crippen molar-refractivity contribution in [2.75, 3.05) is 12.0 Å². The molecule has 0 aliphatic carbocycles. The Bertz CT molecular complexity index is 874. The number of non-ortho nitro benzene ring substituents is 1. The molecule has 0 radical (unpaired) electrons. The van der Waals surface area contributed by atoms with Crippen LogP contribution in [0, 0.1) is 10.1 Å². The summed E-state index contributed by atoms with van der Waals surface area (Å²) in [5.74, 6) is -0.170. The molecule has 11 nitrogen and oxygen atoms in total. The van der Waals surface area contributed by atoms with Crippen LogP contribution in [0.5, 0.6) is 0 Å². The molecule has 2 aromatic rings. The topological polar surface area (TPSA) is 142 Å². The van der Waals surface area contributed by atoms with Crippen molar-refractivity contribution in [3.05, 3.63) is 45.8 Å². The summed E-state index contributed by atoms with van der Waals surface area (Å²) >= 11 is 1.52. The largest absolute Gasteiger partial charge is 0.456 e. The van der Waals surface area contributed by atoms with Gasteiger partial charge in [0.15, 0.2) is 12.4 Å².